The van der Waals surface area contributed by atoms with E-state index in [4.69, 9.17) is 9.47 Å². The van der Waals surface area contributed by atoms with Crippen molar-refractivity contribution in [1.29, 1.82) is 0 Å². The predicted molar refractivity (Wildman–Crippen MR) is 149 cm³/mol. The molecule has 36 heavy (non-hydrogen) atoms. The van der Waals surface area contributed by atoms with E-state index in [0.717, 1.165) is 19.4 Å². The van der Waals surface area contributed by atoms with E-state index in [2.05, 4.69) is 17.6 Å². The summed E-state index contributed by atoms with van der Waals surface area (Å²) in [6.07, 6.45) is 20.1. The molecule has 0 aromatic rings. The van der Waals surface area contributed by atoms with Crippen LogP contribution >= 0.6 is 0 Å². The Morgan fingerprint density at radius 2 is 1.19 bits per heavy atom. The van der Waals surface area contributed by atoms with Crippen molar-refractivity contribution in [3.8, 4) is 0 Å². The average molecular weight is 515 g/mol. The number of ether oxygens (including phenoxy) is 2. The molecule has 0 spiro atoms. The van der Waals surface area contributed by atoms with E-state index in [0.29, 0.717) is 58.7 Å². The number of likely N-dealkylation sites (N-methyl/N-ethyl adjacent to an activating group) is 1. The fourth-order valence-electron chi connectivity index (χ4n) is 4.21. The van der Waals surface area contributed by atoms with Crippen LogP contribution in [0, 0.1) is 0 Å². The van der Waals surface area contributed by atoms with Crippen molar-refractivity contribution in [3.63, 3.8) is 0 Å². The minimum Gasteiger partial charge on any atom is -0.480 e. The maximum absolute atomic E-state index is 12.1. The first-order valence-electron chi connectivity index (χ1n) is 14.9. The summed E-state index contributed by atoms with van der Waals surface area (Å²) < 4.78 is 10.8. The first kappa shape index (κ1) is 35.0. The molecule has 0 amide bonds. The molecule has 1 atom stereocenters. The number of Topliss-reactive ketones (excluding diaryl/α,β-unsaturated/α-hetero) is 1. The molecule has 0 aromatic heterocycles. The predicted octanol–water partition coefficient (Wildman–Crippen LogP) is 5.89. The smallest absolute Gasteiger partial charge is 0.320 e. The standard InChI is InChI=1S/C29H58N2O5/c1-3-4-5-6-7-8-9-10-11-12-13-14-15-16-21-31-28(29(33)34)20-19-27(32)18-17-23-35-25-26-36-24-22-30-2/h28,30-31H,3-26H2,1-2H3,(H,33,34). The van der Waals surface area contributed by atoms with Crippen molar-refractivity contribution in [2.45, 2.75) is 129 Å². The summed E-state index contributed by atoms with van der Waals surface area (Å²) in [5.74, 6) is -0.761. The normalized spacial score (nSPS) is 12.2. The molecule has 1 unspecified atom stereocenters. The highest BCUT2D eigenvalue weighted by Gasteiger charge is 2.17. The first-order chi connectivity index (χ1) is 17.6. The van der Waals surface area contributed by atoms with Crippen LogP contribution in [0.1, 0.15) is 122 Å². The molecule has 7 nitrogen and oxygen atoms in total. The van der Waals surface area contributed by atoms with E-state index in [1.807, 2.05) is 7.05 Å². The minimum atomic E-state index is -0.866. The lowest BCUT2D eigenvalue weighted by atomic mass is 10.0. The number of nitrogens with one attached hydrogen (secondary N) is 2. The average Bonchev–Trinajstić information content (AvgIpc) is 2.86. The molecule has 0 bridgehead atoms. The van der Waals surface area contributed by atoms with Crippen molar-refractivity contribution in [1.82, 2.24) is 10.6 Å². The van der Waals surface area contributed by atoms with E-state index >= 15 is 0 Å². The largest absolute Gasteiger partial charge is 0.480 e. The number of ketones is 1. The molecule has 0 aromatic carbocycles. The Bertz CT molecular complexity index is 490. The summed E-state index contributed by atoms with van der Waals surface area (Å²) in [6.45, 7) is 6.06. The Kier molecular flexibility index (Phi) is 27.7. The van der Waals surface area contributed by atoms with Crippen LogP contribution in [0.5, 0.6) is 0 Å². The van der Waals surface area contributed by atoms with Gasteiger partial charge in [-0.1, -0.05) is 90.4 Å². The van der Waals surface area contributed by atoms with Crippen molar-refractivity contribution >= 4 is 11.8 Å². The van der Waals surface area contributed by atoms with Gasteiger partial charge in [-0.25, -0.2) is 0 Å². The molecular formula is C29H58N2O5. The Morgan fingerprint density at radius 3 is 1.72 bits per heavy atom. The Labute approximate surface area is 221 Å². The highest BCUT2D eigenvalue weighted by molar-refractivity contribution is 5.80. The third-order valence-corrected chi connectivity index (χ3v) is 6.54. The quantitative estimate of drug-likeness (QED) is 0.103. The third-order valence-electron chi connectivity index (χ3n) is 6.54. The SMILES string of the molecule is CCCCCCCCCCCCCCCCNC(CCC(=O)CCCOCCOCCNC)C(=O)O. The van der Waals surface area contributed by atoms with E-state index in [9.17, 15) is 14.7 Å². The van der Waals surface area contributed by atoms with Crippen LogP contribution < -0.4 is 10.6 Å². The molecule has 0 aliphatic carbocycles. The molecule has 214 valence electrons. The van der Waals surface area contributed by atoms with Crippen LogP contribution in [0.4, 0.5) is 0 Å². The zero-order valence-electron chi connectivity index (χ0n) is 23.6. The lowest BCUT2D eigenvalue weighted by Crippen LogP contribution is -2.37. The lowest BCUT2D eigenvalue weighted by molar-refractivity contribution is -0.139. The molecule has 0 saturated carbocycles. The number of carbonyl (C=O) groups is 2. The summed E-state index contributed by atoms with van der Waals surface area (Å²) in [5.41, 5.74) is 0. The van der Waals surface area contributed by atoms with E-state index in [1.54, 1.807) is 0 Å². The third kappa shape index (κ3) is 26.1. The van der Waals surface area contributed by atoms with E-state index in [1.165, 1.54) is 77.0 Å². The van der Waals surface area contributed by atoms with Gasteiger partial charge >= 0.3 is 5.97 Å². The number of hydrogen-bond donors (Lipinski definition) is 3. The number of aliphatic carboxylic acids is 1. The fourth-order valence-corrected chi connectivity index (χ4v) is 4.21. The van der Waals surface area contributed by atoms with Crippen LogP contribution in [0.3, 0.4) is 0 Å². The Morgan fingerprint density at radius 1 is 0.667 bits per heavy atom. The molecule has 0 aliphatic heterocycles. The van der Waals surface area contributed by atoms with Crippen LogP contribution in [-0.2, 0) is 19.1 Å². The number of hydrogen-bond acceptors (Lipinski definition) is 6. The highest BCUT2D eigenvalue weighted by atomic mass is 16.5. The Hall–Kier alpha value is -1.02. The Balaban J connectivity index is 3.54. The van der Waals surface area contributed by atoms with Crippen molar-refractivity contribution in [3.05, 3.63) is 0 Å². The monoisotopic (exact) mass is 514 g/mol. The van der Waals surface area contributed by atoms with Gasteiger partial charge in [0.2, 0.25) is 0 Å². The van der Waals surface area contributed by atoms with Crippen LogP contribution in [0.25, 0.3) is 0 Å². The molecule has 3 N–H and O–H groups in total. The van der Waals surface area contributed by atoms with Gasteiger partial charge in [-0.3, -0.25) is 9.59 Å². The topological polar surface area (TPSA) is 96.9 Å². The zero-order valence-corrected chi connectivity index (χ0v) is 23.6. The summed E-state index contributed by atoms with van der Waals surface area (Å²) in [7, 11) is 1.88. The summed E-state index contributed by atoms with van der Waals surface area (Å²) in [4.78, 5) is 23.6. The van der Waals surface area contributed by atoms with E-state index in [-0.39, 0.29) is 5.78 Å². The number of carboxylic acids is 1. The second-order valence-corrected chi connectivity index (χ2v) is 9.95. The summed E-state index contributed by atoms with van der Waals surface area (Å²) in [6, 6.07) is -0.637. The van der Waals surface area contributed by atoms with Crippen LogP contribution in [0.2, 0.25) is 0 Å². The van der Waals surface area contributed by atoms with Gasteiger partial charge in [0, 0.05) is 26.0 Å². The van der Waals surface area contributed by atoms with Gasteiger partial charge < -0.3 is 25.2 Å². The molecular weight excluding hydrogens is 456 g/mol. The molecule has 0 heterocycles. The van der Waals surface area contributed by atoms with Crippen molar-refractivity contribution in [2.75, 3.05) is 46.6 Å². The maximum atomic E-state index is 12.1. The van der Waals surface area contributed by atoms with Gasteiger partial charge in [-0.15, -0.1) is 0 Å². The number of unbranched alkanes of at least 4 members (excludes halogenated alkanes) is 13. The molecule has 0 aliphatic rings. The zero-order chi connectivity index (χ0) is 26.5. The highest BCUT2D eigenvalue weighted by Crippen LogP contribution is 2.13. The maximum Gasteiger partial charge on any atom is 0.320 e. The molecule has 0 rings (SSSR count). The second-order valence-electron chi connectivity index (χ2n) is 9.95. The van der Waals surface area contributed by atoms with Crippen molar-refractivity contribution in [2.24, 2.45) is 0 Å². The van der Waals surface area contributed by atoms with Gasteiger partial charge in [0.1, 0.15) is 11.8 Å². The van der Waals surface area contributed by atoms with Crippen LogP contribution in [-0.4, -0.2) is 69.5 Å². The first-order valence-corrected chi connectivity index (χ1v) is 14.9. The molecule has 0 saturated heterocycles. The summed E-state index contributed by atoms with van der Waals surface area (Å²) >= 11 is 0. The minimum absolute atomic E-state index is 0.105. The van der Waals surface area contributed by atoms with Gasteiger partial charge in [0.25, 0.3) is 0 Å². The number of carboxylic acid groups (broad SMARTS) is 1. The molecule has 7 heteroatoms. The fraction of sp³-hybridized carbons (Fsp3) is 0.931. The van der Waals surface area contributed by atoms with Gasteiger partial charge in [-0.05, 0) is 32.9 Å². The van der Waals surface area contributed by atoms with E-state index < -0.39 is 12.0 Å². The summed E-state index contributed by atoms with van der Waals surface area (Å²) in [5, 5.41) is 15.6. The van der Waals surface area contributed by atoms with Gasteiger partial charge in [0.05, 0.1) is 19.8 Å². The van der Waals surface area contributed by atoms with Crippen LogP contribution in [0.15, 0.2) is 0 Å². The second kappa shape index (κ2) is 28.5. The van der Waals surface area contributed by atoms with Gasteiger partial charge in [0.15, 0.2) is 0 Å². The van der Waals surface area contributed by atoms with Crippen molar-refractivity contribution < 1.29 is 24.2 Å². The van der Waals surface area contributed by atoms with Gasteiger partial charge in [-0.2, -0.15) is 0 Å². The molecule has 0 radical (unpaired) electrons. The number of rotatable bonds is 30. The lowest BCUT2D eigenvalue weighted by Gasteiger charge is -2.14. The molecule has 0 fully saturated rings. The number of carbonyl (C=O) groups excluding carboxylic acids is 1.